The van der Waals surface area contributed by atoms with Gasteiger partial charge in [0.25, 0.3) is 0 Å². The molecule has 1 amide bonds. The summed E-state index contributed by atoms with van der Waals surface area (Å²) < 4.78 is 0. The number of carboxylic acid groups (broad SMARTS) is 1. The van der Waals surface area contributed by atoms with E-state index in [1.165, 1.54) is 0 Å². The molecule has 0 radical (unpaired) electrons. The Bertz CT molecular complexity index is 215. The van der Waals surface area contributed by atoms with Gasteiger partial charge in [-0.1, -0.05) is 19.9 Å². The molecule has 0 aromatic rings. The Hall–Kier alpha value is -1.36. The molecule has 0 saturated carbocycles. The Labute approximate surface area is 90.6 Å². The Morgan fingerprint density at radius 3 is 2.00 bits per heavy atom. The largest absolute Gasteiger partial charge is 0.480 e. The average Bonchev–Trinajstić information content (AvgIpc) is 2.14. The zero-order valence-corrected chi connectivity index (χ0v) is 9.56. The standard InChI is InChI=1S/C7H15NO2.C3H5NO/c1-4-5-6(7(9)10)8(2)3;1-2-3(4)5/h6H,4-5H2,1-3H3,(H,9,10);2H,1H2,(H2,4,5). The molecule has 0 rings (SSSR count). The molecule has 0 saturated heterocycles. The second-order valence-electron chi connectivity index (χ2n) is 3.21. The van der Waals surface area contributed by atoms with E-state index >= 15 is 0 Å². The first-order chi connectivity index (χ1) is 6.86. The molecule has 0 bridgehead atoms. The van der Waals surface area contributed by atoms with Gasteiger partial charge >= 0.3 is 5.97 Å². The van der Waals surface area contributed by atoms with Crippen molar-refractivity contribution in [1.82, 2.24) is 4.90 Å². The second-order valence-corrected chi connectivity index (χ2v) is 3.21. The fraction of sp³-hybridized carbons (Fsp3) is 0.600. The third kappa shape index (κ3) is 10.6. The van der Waals surface area contributed by atoms with Crippen LogP contribution in [0, 0.1) is 0 Å². The van der Waals surface area contributed by atoms with Crippen molar-refractivity contribution in [3.8, 4) is 0 Å². The predicted octanol–water partition coefficient (Wildman–Crippen LogP) is 0.459. The van der Waals surface area contributed by atoms with Gasteiger partial charge in [-0.15, -0.1) is 0 Å². The molecule has 5 nitrogen and oxygen atoms in total. The van der Waals surface area contributed by atoms with Crippen LogP contribution in [-0.2, 0) is 9.59 Å². The maximum Gasteiger partial charge on any atom is 0.320 e. The van der Waals surface area contributed by atoms with Gasteiger partial charge in [-0.25, -0.2) is 0 Å². The van der Waals surface area contributed by atoms with Crippen LogP contribution in [0.5, 0.6) is 0 Å². The van der Waals surface area contributed by atoms with Crippen molar-refractivity contribution in [2.24, 2.45) is 5.73 Å². The van der Waals surface area contributed by atoms with Crippen molar-refractivity contribution in [2.45, 2.75) is 25.8 Å². The third-order valence-electron chi connectivity index (χ3n) is 1.67. The van der Waals surface area contributed by atoms with Crippen molar-refractivity contribution in [3.05, 3.63) is 12.7 Å². The summed E-state index contributed by atoms with van der Waals surface area (Å²) in [4.78, 5) is 21.7. The van der Waals surface area contributed by atoms with E-state index in [1.54, 1.807) is 19.0 Å². The quantitative estimate of drug-likeness (QED) is 0.654. The lowest BCUT2D eigenvalue weighted by molar-refractivity contribution is -0.142. The second kappa shape index (κ2) is 9.21. The summed E-state index contributed by atoms with van der Waals surface area (Å²) in [6.07, 6.45) is 2.69. The van der Waals surface area contributed by atoms with Crippen LogP contribution in [0.2, 0.25) is 0 Å². The minimum absolute atomic E-state index is 0.315. The van der Waals surface area contributed by atoms with Crippen molar-refractivity contribution < 1.29 is 14.7 Å². The molecular formula is C10H20N2O3. The van der Waals surface area contributed by atoms with Gasteiger partial charge in [-0.3, -0.25) is 14.5 Å². The van der Waals surface area contributed by atoms with E-state index < -0.39 is 11.9 Å². The van der Waals surface area contributed by atoms with Gasteiger partial charge in [0.2, 0.25) is 5.91 Å². The monoisotopic (exact) mass is 216 g/mol. The minimum Gasteiger partial charge on any atom is -0.480 e. The number of carbonyl (C=O) groups excluding carboxylic acids is 1. The number of hydrogen-bond donors (Lipinski definition) is 2. The summed E-state index contributed by atoms with van der Waals surface area (Å²) in [7, 11) is 3.57. The zero-order chi connectivity index (χ0) is 12.4. The van der Waals surface area contributed by atoms with Crippen molar-refractivity contribution in [3.63, 3.8) is 0 Å². The van der Waals surface area contributed by atoms with E-state index in [0.29, 0.717) is 0 Å². The number of carboxylic acids is 1. The molecule has 1 atom stereocenters. The fourth-order valence-electron chi connectivity index (χ4n) is 0.876. The van der Waals surface area contributed by atoms with Crippen LogP contribution in [0.15, 0.2) is 12.7 Å². The Morgan fingerprint density at radius 1 is 1.53 bits per heavy atom. The molecule has 0 spiro atoms. The first-order valence-corrected chi connectivity index (χ1v) is 4.67. The maximum absolute atomic E-state index is 10.5. The fourth-order valence-corrected chi connectivity index (χ4v) is 0.876. The van der Waals surface area contributed by atoms with E-state index in [2.05, 4.69) is 12.3 Å². The van der Waals surface area contributed by atoms with Crippen LogP contribution in [0.25, 0.3) is 0 Å². The molecule has 3 N–H and O–H groups in total. The molecule has 15 heavy (non-hydrogen) atoms. The molecule has 0 aliphatic rings. The molecule has 0 aliphatic carbocycles. The van der Waals surface area contributed by atoms with Crippen LogP contribution in [0.1, 0.15) is 19.8 Å². The van der Waals surface area contributed by atoms with E-state index in [1.807, 2.05) is 6.92 Å². The van der Waals surface area contributed by atoms with Crippen molar-refractivity contribution >= 4 is 11.9 Å². The van der Waals surface area contributed by atoms with Gasteiger partial charge in [-0.2, -0.15) is 0 Å². The molecular weight excluding hydrogens is 196 g/mol. The molecule has 0 aromatic carbocycles. The molecule has 0 fully saturated rings. The Kier molecular flexibility index (Phi) is 9.87. The van der Waals surface area contributed by atoms with Crippen LogP contribution in [-0.4, -0.2) is 42.0 Å². The molecule has 0 aromatic heterocycles. The van der Waals surface area contributed by atoms with E-state index in [-0.39, 0.29) is 6.04 Å². The average molecular weight is 216 g/mol. The van der Waals surface area contributed by atoms with Crippen LogP contribution >= 0.6 is 0 Å². The van der Waals surface area contributed by atoms with Crippen LogP contribution < -0.4 is 5.73 Å². The van der Waals surface area contributed by atoms with Crippen molar-refractivity contribution in [1.29, 1.82) is 0 Å². The normalized spacial score (nSPS) is 11.2. The first-order valence-electron chi connectivity index (χ1n) is 4.67. The third-order valence-corrected chi connectivity index (χ3v) is 1.67. The summed E-state index contributed by atoms with van der Waals surface area (Å²) in [5.41, 5.74) is 4.53. The number of likely N-dealkylation sites (N-methyl/N-ethyl adjacent to an activating group) is 1. The number of hydrogen-bond acceptors (Lipinski definition) is 3. The van der Waals surface area contributed by atoms with Crippen molar-refractivity contribution in [2.75, 3.05) is 14.1 Å². The highest BCUT2D eigenvalue weighted by molar-refractivity contribution is 5.84. The summed E-state index contributed by atoms with van der Waals surface area (Å²) in [5.74, 6) is -1.21. The number of amides is 1. The van der Waals surface area contributed by atoms with Gasteiger partial charge < -0.3 is 10.8 Å². The number of carbonyl (C=O) groups is 2. The highest BCUT2D eigenvalue weighted by Gasteiger charge is 2.17. The van der Waals surface area contributed by atoms with Crippen LogP contribution in [0.4, 0.5) is 0 Å². The molecule has 0 heterocycles. The SMILES string of the molecule is C=CC(N)=O.CCCC(C(=O)O)N(C)C. The first kappa shape index (κ1) is 16.1. The van der Waals surface area contributed by atoms with Gasteiger partial charge in [0.1, 0.15) is 6.04 Å². The number of nitrogens with zero attached hydrogens (tertiary/aromatic N) is 1. The van der Waals surface area contributed by atoms with Gasteiger partial charge in [0.05, 0.1) is 0 Å². The zero-order valence-electron chi connectivity index (χ0n) is 9.56. The van der Waals surface area contributed by atoms with E-state index in [4.69, 9.17) is 5.11 Å². The Balaban J connectivity index is 0. The molecule has 1 unspecified atom stereocenters. The molecule has 88 valence electrons. The highest BCUT2D eigenvalue weighted by atomic mass is 16.4. The molecule has 0 aliphatic heterocycles. The lowest BCUT2D eigenvalue weighted by Crippen LogP contribution is -2.35. The number of primary amides is 1. The highest BCUT2D eigenvalue weighted by Crippen LogP contribution is 2.02. The minimum atomic E-state index is -0.730. The van der Waals surface area contributed by atoms with Gasteiger partial charge in [0, 0.05) is 0 Å². The van der Waals surface area contributed by atoms with Gasteiger partial charge in [-0.05, 0) is 26.6 Å². The number of rotatable bonds is 5. The topological polar surface area (TPSA) is 83.6 Å². The maximum atomic E-state index is 10.5. The van der Waals surface area contributed by atoms with Crippen LogP contribution in [0.3, 0.4) is 0 Å². The van der Waals surface area contributed by atoms with Gasteiger partial charge in [0.15, 0.2) is 0 Å². The van der Waals surface area contributed by atoms with E-state index in [0.717, 1.165) is 18.9 Å². The lowest BCUT2D eigenvalue weighted by atomic mass is 10.1. The summed E-state index contributed by atoms with van der Waals surface area (Å²) >= 11 is 0. The summed E-state index contributed by atoms with van der Waals surface area (Å²) in [5, 5.41) is 8.63. The lowest BCUT2D eigenvalue weighted by Gasteiger charge is -2.18. The summed E-state index contributed by atoms with van der Waals surface area (Å²) in [6, 6.07) is -0.315. The number of nitrogens with two attached hydrogens (primary N) is 1. The van der Waals surface area contributed by atoms with E-state index in [9.17, 15) is 9.59 Å². The number of aliphatic carboxylic acids is 1. The predicted molar refractivity (Wildman–Crippen MR) is 59.4 cm³/mol. The Morgan fingerprint density at radius 2 is 1.93 bits per heavy atom. The molecule has 5 heteroatoms. The summed E-state index contributed by atoms with van der Waals surface area (Å²) in [6.45, 7) is 5.07. The smallest absolute Gasteiger partial charge is 0.320 e.